The molecule has 0 saturated carbocycles. The van der Waals surface area contributed by atoms with Crippen LogP contribution in [0.4, 0.5) is 0 Å². The molecule has 1 saturated heterocycles. The van der Waals surface area contributed by atoms with E-state index in [9.17, 15) is 0 Å². The van der Waals surface area contributed by atoms with Crippen molar-refractivity contribution in [1.29, 1.82) is 5.26 Å². The van der Waals surface area contributed by atoms with Crippen LogP contribution >= 0.6 is 0 Å². The van der Waals surface area contributed by atoms with Crippen LogP contribution in [-0.4, -0.2) is 23.1 Å². The first-order valence-corrected chi connectivity index (χ1v) is 9.63. The number of nitrogens with one attached hydrogen (secondary N) is 2. The standard InChI is InChI=1S/C22H22N4O/c23-5-3-15-11-25-22-18(15)10-17(12-26-22)16-8-14-4-7-27-13-20(14)19(9-16)21-2-1-6-24-21/h8-12,21,24H,1-4,6-7,13H2,(H,25,26)/t21-/m1/s1. The molecule has 5 rings (SSSR count). The molecule has 2 N–H and O–H groups in total. The van der Waals surface area contributed by atoms with E-state index in [1.165, 1.54) is 35.1 Å². The van der Waals surface area contributed by atoms with Crippen molar-refractivity contribution in [3.63, 3.8) is 0 Å². The molecule has 1 fully saturated rings. The molecule has 2 aliphatic heterocycles. The Labute approximate surface area is 158 Å². The molecular weight excluding hydrogens is 336 g/mol. The molecule has 3 aromatic rings. The van der Waals surface area contributed by atoms with E-state index in [0.29, 0.717) is 19.1 Å². The maximum Gasteiger partial charge on any atom is 0.137 e. The van der Waals surface area contributed by atoms with Crippen molar-refractivity contribution < 1.29 is 4.74 Å². The zero-order chi connectivity index (χ0) is 18.2. The van der Waals surface area contributed by atoms with Crippen LogP contribution in [0.3, 0.4) is 0 Å². The SMILES string of the molecule is N#CCc1c[nH]c2ncc(-c3cc4c(c([C@H]5CCCN5)c3)COCC4)cc12. The molecule has 1 aromatic carbocycles. The first-order valence-electron chi connectivity index (χ1n) is 9.63. The van der Waals surface area contributed by atoms with Gasteiger partial charge in [0, 0.05) is 29.4 Å². The summed E-state index contributed by atoms with van der Waals surface area (Å²) in [7, 11) is 0. The largest absolute Gasteiger partial charge is 0.376 e. The number of rotatable bonds is 3. The second kappa shape index (κ2) is 6.80. The maximum absolute atomic E-state index is 9.07. The van der Waals surface area contributed by atoms with Gasteiger partial charge in [0.05, 0.1) is 25.7 Å². The first-order chi connectivity index (χ1) is 13.3. The van der Waals surface area contributed by atoms with Gasteiger partial charge in [-0.1, -0.05) is 6.07 Å². The van der Waals surface area contributed by atoms with Crippen molar-refractivity contribution in [2.75, 3.05) is 13.2 Å². The minimum atomic E-state index is 0.393. The predicted molar refractivity (Wildman–Crippen MR) is 104 cm³/mol. The fraction of sp³-hybridized carbons (Fsp3) is 0.364. The zero-order valence-corrected chi connectivity index (χ0v) is 15.2. The lowest BCUT2D eigenvalue weighted by molar-refractivity contribution is 0.109. The van der Waals surface area contributed by atoms with Crippen molar-refractivity contribution in [2.45, 2.75) is 38.3 Å². The Balaban J connectivity index is 1.64. The Bertz CT molecular complexity index is 1040. The fourth-order valence-electron chi connectivity index (χ4n) is 4.39. The number of nitriles is 1. The molecule has 136 valence electrons. The Morgan fingerprint density at radius 1 is 1.26 bits per heavy atom. The van der Waals surface area contributed by atoms with Gasteiger partial charge >= 0.3 is 0 Å². The molecule has 2 aliphatic rings. The third-order valence-corrected chi connectivity index (χ3v) is 5.79. The zero-order valence-electron chi connectivity index (χ0n) is 15.2. The number of nitrogens with zero attached hydrogens (tertiary/aromatic N) is 2. The maximum atomic E-state index is 9.07. The summed E-state index contributed by atoms with van der Waals surface area (Å²) < 4.78 is 5.76. The van der Waals surface area contributed by atoms with Gasteiger partial charge in [0.25, 0.3) is 0 Å². The van der Waals surface area contributed by atoms with Crippen LogP contribution in [0.25, 0.3) is 22.2 Å². The van der Waals surface area contributed by atoms with Crippen LogP contribution in [0.15, 0.2) is 30.6 Å². The first kappa shape index (κ1) is 16.5. The minimum absolute atomic E-state index is 0.393. The Hall–Kier alpha value is -2.68. The Morgan fingerprint density at radius 2 is 2.22 bits per heavy atom. The summed E-state index contributed by atoms with van der Waals surface area (Å²) in [5.41, 5.74) is 8.30. The number of benzene rings is 1. The predicted octanol–water partition coefficient (Wildman–Crippen LogP) is 3.79. The number of pyridine rings is 1. The highest BCUT2D eigenvalue weighted by Crippen LogP contribution is 2.35. The lowest BCUT2D eigenvalue weighted by atomic mass is 9.88. The second-order valence-electron chi connectivity index (χ2n) is 7.42. The molecule has 2 aromatic heterocycles. The van der Waals surface area contributed by atoms with E-state index >= 15 is 0 Å². The lowest BCUT2D eigenvalue weighted by Gasteiger charge is -2.24. The fourth-order valence-corrected chi connectivity index (χ4v) is 4.39. The van der Waals surface area contributed by atoms with Crippen LogP contribution in [0.5, 0.6) is 0 Å². The molecule has 5 nitrogen and oxygen atoms in total. The lowest BCUT2D eigenvalue weighted by Crippen LogP contribution is -2.19. The molecule has 0 radical (unpaired) electrons. The van der Waals surface area contributed by atoms with Crippen LogP contribution in [0.1, 0.15) is 41.1 Å². The van der Waals surface area contributed by atoms with Crippen molar-refractivity contribution >= 4 is 11.0 Å². The van der Waals surface area contributed by atoms with Crippen molar-refractivity contribution in [3.8, 4) is 17.2 Å². The van der Waals surface area contributed by atoms with Crippen LogP contribution in [0, 0.1) is 11.3 Å². The second-order valence-corrected chi connectivity index (χ2v) is 7.42. The van der Waals surface area contributed by atoms with Gasteiger partial charge in [-0.2, -0.15) is 5.26 Å². The normalized spacial score (nSPS) is 19.1. The molecule has 0 aliphatic carbocycles. The highest BCUT2D eigenvalue weighted by molar-refractivity contribution is 5.85. The van der Waals surface area contributed by atoms with Gasteiger partial charge < -0.3 is 15.0 Å². The van der Waals surface area contributed by atoms with Crippen LogP contribution in [-0.2, 0) is 24.2 Å². The number of ether oxygens (including phenoxy) is 1. The van der Waals surface area contributed by atoms with Crippen LogP contribution < -0.4 is 5.32 Å². The highest BCUT2D eigenvalue weighted by Gasteiger charge is 2.24. The summed E-state index contributed by atoms with van der Waals surface area (Å²) in [6.45, 7) is 2.58. The molecule has 27 heavy (non-hydrogen) atoms. The molecule has 0 unspecified atom stereocenters. The number of aromatic amines is 1. The average Bonchev–Trinajstić information content (AvgIpc) is 3.37. The van der Waals surface area contributed by atoms with E-state index in [2.05, 4.69) is 39.6 Å². The Morgan fingerprint density at radius 3 is 3.07 bits per heavy atom. The monoisotopic (exact) mass is 358 g/mol. The van der Waals surface area contributed by atoms with E-state index in [-0.39, 0.29) is 0 Å². The number of hydrogen-bond donors (Lipinski definition) is 2. The van der Waals surface area contributed by atoms with Crippen molar-refractivity contribution in [1.82, 2.24) is 15.3 Å². The third-order valence-electron chi connectivity index (χ3n) is 5.79. The van der Waals surface area contributed by atoms with Crippen molar-refractivity contribution in [2.24, 2.45) is 0 Å². The molecule has 5 heteroatoms. The summed E-state index contributed by atoms with van der Waals surface area (Å²) in [6, 6.07) is 9.44. The molecule has 1 atom stereocenters. The van der Waals surface area contributed by atoms with Gasteiger partial charge in [0.2, 0.25) is 0 Å². The highest BCUT2D eigenvalue weighted by atomic mass is 16.5. The van der Waals surface area contributed by atoms with Gasteiger partial charge in [0.15, 0.2) is 0 Å². The van der Waals surface area contributed by atoms with Gasteiger partial charge in [-0.05, 0) is 65.8 Å². The van der Waals surface area contributed by atoms with Crippen molar-refractivity contribution in [3.05, 3.63) is 52.8 Å². The van der Waals surface area contributed by atoms with Gasteiger partial charge in [-0.3, -0.25) is 0 Å². The van der Waals surface area contributed by atoms with E-state index in [0.717, 1.165) is 41.7 Å². The summed E-state index contributed by atoms with van der Waals surface area (Å²) in [5.74, 6) is 0. The number of H-pyrrole nitrogens is 1. The summed E-state index contributed by atoms with van der Waals surface area (Å²) in [6.07, 6.45) is 7.58. The van der Waals surface area contributed by atoms with Crippen LogP contribution in [0.2, 0.25) is 0 Å². The smallest absolute Gasteiger partial charge is 0.137 e. The quantitative estimate of drug-likeness (QED) is 0.747. The molecule has 0 amide bonds. The van der Waals surface area contributed by atoms with E-state index in [4.69, 9.17) is 10.00 Å². The number of fused-ring (bicyclic) bond motifs is 2. The molecular formula is C22H22N4O. The van der Waals surface area contributed by atoms with Gasteiger partial charge in [0.1, 0.15) is 5.65 Å². The number of aromatic nitrogens is 2. The average molecular weight is 358 g/mol. The molecule has 4 heterocycles. The number of hydrogen-bond acceptors (Lipinski definition) is 4. The van der Waals surface area contributed by atoms with E-state index in [1.807, 2.05) is 12.4 Å². The minimum Gasteiger partial charge on any atom is -0.376 e. The topological polar surface area (TPSA) is 73.7 Å². The van der Waals surface area contributed by atoms with E-state index in [1.54, 1.807) is 0 Å². The Kier molecular flexibility index (Phi) is 4.16. The summed E-state index contributed by atoms with van der Waals surface area (Å²) in [5, 5.41) is 13.7. The summed E-state index contributed by atoms with van der Waals surface area (Å²) >= 11 is 0. The molecule has 0 bridgehead atoms. The third kappa shape index (κ3) is 2.91. The van der Waals surface area contributed by atoms with Gasteiger partial charge in [-0.15, -0.1) is 0 Å². The van der Waals surface area contributed by atoms with Gasteiger partial charge in [-0.25, -0.2) is 4.98 Å². The van der Waals surface area contributed by atoms with E-state index < -0.39 is 0 Å². The summed E-state index contributed by atoms with van der Waals surface area (Å²) in [4.78, 5) is 7.76. The molecule has 0 spiro atoms.